The monoisotopic (exact) mass is 309 g/mol. The van der Waals surface area contributed by atoms with Gasteiger partial charge in [-0.05, 0) is 24.6 Å². The maximum atomic E-state index is 12.4. The van der Waals surface area contributed by atoms with Crippen molar-refractivity contribution >= 4 is 22.8 Å². The lowest BCUT2D eigenvalue weighted by molar-refractivity contribution is -0.144. The van der Waals surface area contributed by atoms with E-state index in [1.54, 1.807) is 48.5 Å². The molecule has 3 rings (SSSR count). The summed E-state index contributed by atoms with van der Waals surface area (Å²) in [7, 11) is 0. The summed E-state index contributed by atoms with van der Waals surface area (Å²) in [5.41, 5.74) is -0.483. The average Bonchev–Trinajstić information content (AvgIpc) is 2.99. The standard InChI is InChI=1S/C18H15NO4/c1-18(17(21)22,13-8-3-2-4-9-13)19-16(20)15-11-12-7-5-6-10-14(12)23-15/h2-11H,1H3,(H,19,20)(H,21,22). The fourth-order valence-electron chi connectivity index (χ4n) is 2.40. The SMILES string of the molecule is CC(NC(=O)c1cc2ccccc2o1)(C(=O)O)c1ccccc1. The van der Waals surface area contributed by atoms with E-state index in [9.17, 15) is 14.7 Å². The summed E-state index contributed by atoms with van der Waals surface area (Å²) in [4.78, 5) is 24.2. The highest BCUT2D eigenvalue weighted by molar-refractivity contribution is 5.99. The lowest BCUT2D eigenvalue weighted by atomic mass is 9.92. The van der Waals surface area contributed by atoms with Crippen LogP contribution in [0.25, 0.3) is 11.0 Å². The molecule has 5 heteroatoms. The number of amides is 1. The van der Waals surface area contributed by atoms with Gasteiger partial charge in [-0.25, -0.2) is 4.79 Å². The number of carboxylic acids is 1. The van der Waals surface area contributed by atoms with Crippen molar-refractivity contribution in [1.82, 2.24) is 5.32 Å². The number of hydrogen-bond acceptors (Lipinski definition) is 3. The van der Waals surface area contributed by atoms with Crippen molar-refractivity contribution in [3.05, 3.63) is 72.0 Å². The van der Waals surface area contributed by atoms with E-state index in [4.69, 9.17) is 4.42 Å². The molecule has 116 valence electrons. The fourth-order valence-corrected chi connectivity index (χ4v) is 2.40. The van der Waals surface area contributed by atoms with Gasteiger partial charge in [-0.2, -0.15) is 0 Å². The molecule has 3 aromatic rings. The zero-order valence-corrected chi connectivity index (χ0v) is 12.4. The van der Waals surface area contributed by atoms with Crippen LogP contribution in [0.1, 0.15) is 23.0 Å². The molecule has 0 aliphatic heterocycles. The molecule has 1 amide bonds. The minimum atomic E-state index is -1.54. The number of carbonyl (C=O) groups excluding carboxylic acids is 1. The molecule has 23 heavy (non-hydrogen) atoms. The molecule has 1 unspecified atom stereocenters. The van der Waals surface area contributed by atoms with Crippen molar-refractivity contribution in [3.8, 4) is 0 Å². The first kappa shape index (κ1) is 14.8. The molecule has 5 nitrogen and oxygen atoms in total. The van der Waals surface area contributed by atoms with E-state index in [1.165, 1.54) is 6.92 Å². The van der Waals surface area contributed by atoms with Gasteiger partial charge in [0.2, 0.25) is 0 Å². The highest BCUT2D eigenvalue weighted by Crippen LogP contribution is 2.23. The van der Waals surface area contributed by atoms with Crippen LogP contribution in [0.3, 0.4) is 0 Å². The smallest absolute Gasteiger partial charge is 0.333 e. The second-order valence-corrected chi connectivity index (χ2v) is 5.40. The molecule has 2 N–H and O–H groups in total. The molecule has 0 saturated carbocycles. The molecule has 0 aliphatic rings. The van der Waals surface area contributed by atoms with Gasteiger partial charge in [0.15, 0.2) is 11.3 Å². The maximum Gasteiger partial charge on any atom is 0.333 e. The number of carboxylic acid groups (broad SMARTS) is 1. The third-order valence-corrected chi connectivity index (χ3v) is 3.79. The van der Waals surface area contributed by atoms with Crippen LogP contribution in [0.2, 0.25) is 0 Å². The van der Waals surface area contributed by atoms with Crippen molar-refractivity contribution in [1.29, 1.82) is 0 Å². The van der Waals surface area contributed by atoms with Crippen LogP contribution in [0, 0.1) is 0 Å². The van der Waals surface area contributed by atoms with Crippen LogP contribution in [-0.2, 0) is 10.3 Å². The Balaban J connectivity index is 1.94. The van der Waals surface area contributed by atoms with Crippen molar-refractivity contribution in [2.75, 3.05) is 0 Å². The number of carbonyl (C=O) groups is 2. The first-order valence-corrected chi connectivity index (χ1v) is 7.11. The Morgan fingerprint density at radius 1 is 1.04 bits per heavy atom. The van der Waals surface area contributed by atoms with E-state index in [2.05, 4.69) is 5.32 Å². The Morgan fingerprint density at radius 3 is 2.35 bits per heavy atom. The normalized spacial score (nSPS) is 13.4. The number of nitrogens with one attached hydrogen (secondary N) is 1. The van der Waals surface area contributed by atoms with E-state index < -0.39 is 17.4 Å². The largest absolute Gasteiger partial charge is 0.479 e. The number of hydrogen-bond donors (Lipinski definition) is 2. The third-order valence-electron chi connectivity index (χ3n) is 3.79. The number of benzene rings is 2. The Labute approximate surface area is 132 Å². The molecule has 0 saturated heterocycles. The zero-order chi connectivity index (χ0) is 16.4. The average molecular weight is 309 g/mol. The molecular formula is C18H15NO4. The predicted octanol–water partition coefficient (Wildman–Crippen LogP) is 3.16. The Hall–Kier alpha value is -3.08. The molecule has 0 radical (unpaired) electrons. The van der Waals surface area contributed by atoms with E-state index in [0.29, 0.717) is 11.1 Å². The molecule has 1 aromatic heterocycles. The van der Waals surface area contributed by atoms with Crippen LogP contribution in [0.15, 0.2) is 65.1 Å². The number of aliphatic carboxylic acids is 1. The van der Waals surface area contributed by atoms with Crippen LogP contribution < -0.4 is 5.32 Å². The van der Waals surface area contributed by atoms with Gasteiger partial charge in [-0.15, -0.1) is 0 Å². The number of furan rings is 1. The van der Waals surface area contributed by atoms with E-state index >= 15 is 0 Å². The summed E-state index contributed by atoms with van der Waals surface area (Å²) in [5.74, 6) is -1.64. The van der Waals surface area contributed by atoms with E-state index in [1.807, 2.05) is 12.1 Å². The minimum Gasteiger partial charge on any atom is -0.479 e. The summed E-state index contributed by atoms with van der Waals surface area (Å²) < 4.78 is 5.49. The quantitative estimate of drug-likeness (QED) is 0.776. The molecule has 0 aliphatic carbocycles. The van der Waals surface area contributed by atoms with Crippen molar-refractivity contribution in [2.45, 2.75) is 12.5 Å². The van der Waals surface area contributed by atoms with Crippen LogP contribution >= 0.6 is 0 Å². The van der Waals surface area contributed by atoms with Gasteiger partial charge in [-0.1, -0.05) is 48.5 Å². The summed E-state index contributed by atoms with van der Waals surface area (Å²) in [6.07, 6.45) is 0. The van der Waals surface area contributed by atoms with E-state index in [-0.39, 0.29) is 5.76 Å². The lowest BCUT2D eigenvalue weighted by Gasteiger charge is -2.26. The van der Waals surface area contributed by atoms with Gasteiger partial charge in [0.25, 0.3) is 5.91 Å². The maximum absolute atomic E-state index is 12.4. The van der Waals surface area contributed by atoms with Gasteiger partial charge >= 0.3 is 5.97 Å². The number of rotatable bonds is 4. The summed E-state index contributed by atoms with van der Waals surface area (Å²) >= 11 is 0. The Bertz CT molecular complexity index is 836. The van der Waals surface area contributed by atoms with Gasteiger partial charge in [0.05, 0.1) is 0 Å². The van der Waals surface area contributed by atoms with E-state index in [0.717, 1.165) is 5.39 Å². The highest BCUT2D eigenvalue weighted by atomic mass is 16.4. The summed E-state index contributed by atoms with van der Waals surface area (Å²) in [6, 6.07) is 17.4. The minimum absolute atomic E-state index is 0.0783. The van der Waals surface area contributed by atoms with Gasteiger partial charge < -0.3 is 14.8 Å². The number of para-hydroxylation sites is 1. The molecule has 0 spiro atoms. The molecule has 2 aromatic carbocycles. The lowest BCUT2D eigenvalue weighted by Crippen LogP contribution is -2.49. The summed E-state index contributed by atoms with van der Waals surface area (Å²) in [5, 5.41) is 12.9. The van der Waals surface area contributed by atoms with Gasteiger partial charge in [-0.3, -0.25) is 4.79 Å². The molecule has 1 heterocycles. The second kappa shape index (κ2) is 5.61. The fraction of sp³-hybridized carbons (Fsp3) is 0.111. The van der Waals surface area contributed by atoms with Crippen molar-refractivity contribution in [3.63, 3.8) is 0 Å². The molecular weight excluding hydrogens is 294 g/mol. The second-order valence-electron chi connectivity index (χ2n) is 5.40. The van der Waals surface area contributed by atoms with Gasteiger partial charge in [0.1, 0.15) is 5.58 Å². The number of fused-ring (bicyclic) bond motifs is 1. The third kappa shape index (κ3) is 2.68. The topological polar surface area (TPSA) is 79.5 Å². The molecule has 0 bridgehead atoms. The predicted molar refractivity (Wildman–Crippen MR) is 85.1 cm³/mol. The van der Waals surface area contributed by atoms with Crippen molar-refractivity contribution in [2.24, 2.45) is 0 Å². The van der Waals surface area contributed by atoms with Crippen LogP contribution in [-0.4, -0.2) is 17.0 Å². The van der Waals surface area contributed by atoms with Crippen LogP contribution in [0.4, 0.5) is 0 Å². The Morgan fingerprint density at radius 2 is 1.70 bits per heavy atom. The van der Waals surface area contributed by atoms with Crippen LogP contribution in [0.5, 0.6) is 0 Å². The summed E-state index contributed by atoms with van der Waals surface area (Å²) in [6.45, 7) is 1.45. The molecule has 1 atom stereocenters. The highest BCUT2D eigenvalue weighted by Gasteiger charge is 2.37. The van der Waals surface area contributed by atoms with Gasteiger partial charge in [0, 0.05) is 5.39 Å². The Kier molecular flexibility index (Phi) is 3.62. The zero-order valence-electron chi connectivity index (χ0n) is 12.4. The first-order chi connectivity index (χ1) is 11.0. The van der Waals surface area contributed by atoms with Crippen molar-refractivity contribution < 1.29 is 19.1 Å². The molecule has 0 fully saturated rings. The first-order valence-electron chi connectivity index (χ1n) is 7.11.